The van der Waals surface area contributed by atoms with Crippen LogP contribution in [0.2, 0.25) is 0 Å². The zero-order valence-electron chi connectivity index (χ0n) is 24.9. The SMILES string of the molecule is C[C@@H](c1c[nH]c2ccccc12)[C@@H](NC(=O)N1CC=C(c2ccccc2C(F)(F)F)CC1)C(=O)Nc1cccc(CN(C)C)c1. The number of aromatic nitrogens is 1. The number of hydrogen-bond donors (Lipinski definition) is 3. The third-order valence-corrected chi connectivity index (χ3v) is 7.94. The van der Waals surface area contributed by atoms with E-state index in [2.05, 4.69) is 15.6 Å². The van der Waals surface area contributed by atoms with Gasteiger partial charge in [-0.3, -0.25) is 4.79 Å². The second-order valence-electron chi connectivity index (χ2n) is 11.4. The lowest BCUT2D eigenvalue weighted by atomic mass is 9.92. The Bertz CT molecular complexity index is 1680. The number of anilines is 1. The molecule has 4 aromatic rings. The lowest BCUT2D eigenvalue weighted by Crippen LogP contribution is -2.52. The normalized spacial score (nSPS) is 15.2. The second-order valence-corrected chi connectivity index (χ2v) is 11.4. The molecular formula is C34H36F3N5O2. The molecule has 0 saturated carbocycles. The van der Waals surface area contributed by atoms with Crippen molar-refractivity contribution in [2.45, 2.75) is 38.0 Å². The lowest BCUT2D eigenvalue weighted by molar-refractivity contribution is -0.137. The maximum Gasteiger partial charge on any atom is 0.416 e. The van der Waals surface area contributed by atoms with E-state index in [0.717, 1.165) is 28.1 Å². The highest BCUT2D eigenvalue weighted by Crippen LogP contribution is 2.36. The van der Waals surface area contributed by atoms with Crippen molar-refractivity contribution < 1.29 is 22.8 Å². The van der Waals surface area contributed by atoms with E-state index in [1.54, 1.807) is 12.1 Å². The lowest BCUT2D eigenvalue weighted by Gasteiger charge is -2.31. The number of nitrogens with one attached hydrogen (secondary N) is 3. The first-order valence-corrected chi connectivity index (χ1v) is 14.5. The van der Waals surface area contributed by atoms with Crippen molar-refractivity contribution in [2.24, 2.45) is 0 Å². The van der Waals surface area contributed by atoms with Gasteiger partial charge in [-0.15, -0.1) is 0 Å². The molecule has 0 fully saturated rings. The first kappa shape index (κ1) is 30.9. The molecule has 0 radical (unpaired) electrons. The topological polar surface area (TPSA) is 80.5 Å². The Kier molecular flexibility index (Phi) is 9.10. The summed E-state index contributed by atoms with van der Waals surface area (Å²) in [4.78, 5) is 34.2. The summed E-state index contributed by atoms with van der Waals surface area (Å²) in [7, 11) is 3.93. The molecule has 1 aliphatic heterocycles. The Balaban J connectivity index is 1.37. The van der Waals surface area contributed by atoms with Crippen LogP contribution in [0.15, 0.2) is 85.1 Å². The average molecular weight is 604 g/mol. The molecule has 3 aromatic carbocycles. The number of amides is 3. The van der Waals surface area contributed by atoms with E-state index in [1.807, 2.05) is 80.6 Å². The third-order valence-electron chi connectivity index (χ3n) is 7.94. The minimum Gasteiger partial charge on any atom is -0.361 e. The van der Waals surface area contributed by atoms with E-state index in [-0.39, 0.29) is 31.0 Å². The van der Waals surface area contributed by atoms with Crippen LogP contribution in [0.4, 0.5) is 23.7 Å². The summed E-state index contributed by atoms with van der Waals surface area (Å²) in [6.07, 6.45) is -0.708. The largest absolute Gasteiger partial charge is 0.416 e. The standard InChI is InChI=1S/C34H36F3N5O2/c1-22(28-20-38-30-14-7-5-12-27(28)30)31(32(43)39-25-10-8-9-23(19-25)21-41(2)3)40-33(44)42-17-15-24(16-18-42)26-11-4-6-13-29(26)34(35,36)37/h4-15,19-20,22,31,38H,16-18,21H2,1-3H3,(H,39,43)(H,40,44)/t22-,31+/m0/s1. The van der Waals surface area contributed by atoms with Gasteiger partial charge in [-0.1, -0.05) is 61.5 Å². The van der Waals surface area contributed by atoms with Crippen molar-refractivity contribution in [3.8, 4) is 0 Å². The molecule has 1 aliphatic rings. The van der Waals surface area contributed by atoms with E-state index in [1.165, 1.54) is 17.0 Å². The fourth-order valence-electron chi connectivity index (χ4n) is 5.73. The van der Waals surface area contributed by atoms with Crippen LogP contribution in [-0.4, -0.2) is 59.9 Å². The smallest absolute Gasteiger partial charge is 0.361 e. The average Bonchev–Trinajstić information content (AvgIpc) is 3.43. The van der Waals surface area contributed by atoms with E-state index in [4.69, 9.17) is 0 Å². The van der Waals surface area contributed by atoms with Crippen molar-refractivity contribution in [1.82, 2.24) is 20.1 Å². The molecule has 5 rings (SSSR count). The maximum absolute atomic E-state index is 13.8. The molecule has 3 N–H and O–H groups in total. The van der Waals surface area contributed by atoms with Crippen LogP contribution in [0.25, 0.3) is 16.5 Å². The molecule has 0 spiro atoms. The molecule has 1 aromatic heterocycles. The Morgan fingerprint density at radius 1 is 1.02 bits per heavy atom. The van der Waals surface area contributed by atoms with Crippen molar-refractivity contribution in [3.05, 3.63) is 107 Å². The number of benzene rings is 3. The number of fused-ring (bicyclic) bond motifs is 1. The summed E-state index contributed by atoms with van der Waals surface area (Å²) in [5, 5.41) is 6.88. The molecule has 44 heavy (non-hydrogen) atoms. The number of urea groups is 1. The van der Waals surface area contributed by atoms with Gasteiger partial charge in [0.05, 0.1) is 5.56 Å². The number of alkyl halides is 3. The molecule has 7 nitrogen and oxygen atoms in total. The van der Waals surface area contributed by atoms with Gasteiger partial charge in [-0.25, -0.2) is 4.79 Å². The Hall–Kier alpha value is -4.57. The van der Waals surface area contributed by atoms with Crippen LogP contribution in [0, 0.1) is 0 Å². The Labute approximate surface area is 254 Å². The Morgan fingerprint density at radius 2 is 1.77 bits per heavy atom. The van der Waals surface area contributed by atoms with E-state index >= 15 is 0 Å². The molecule has 3 amide bonds. The summed E-state index contributed by atoms with van der Waals surface area (Å²) >= 11 is 0. The first-order valence-electron chi connectivity index (χ1n) is 14.5. The van der Waals surface area contributed by atoms with Crippen LogP contribution in [0.5, 0.6) is 0 Å². The number of H-pyrrole nitrogens is 1. The van der Waals surface area contributed by atoms with Crippen LogP contribution >= 0.6 is 0 Å². The summed E-state index contributed by atoms with van der Waals surface area (Å²) in [5.41, 5.74) is 3.43. The van der Waals surface area contributed by atoms with Gasteiger partial charge in [0.1, 0.15) is 6.04 Å². The fourth-order valence-corrected chi connectivity index (χ4v) is 5.73. The van der Waals surface area contributed by atoms with Gasteiger partial charge in [0.15, 0.2) is 0 Å². The zero-order valence-corrected chi connectivity index (χ0v) is 24.9. The summed E-state index contributed by atoms with van der Waals surface area (Å²) in [6.45, 7) is 2.93. The summed E-state index contributed by atoms with van der Waals surface area (Å²) in [5.74, 6) is -0.778. The van der Waals surface area contributed by atoms with Gasteiger partial charge < -0.3 is 25.4 Å². The molecular weight excluding hydrogens is 567 g/mol. The van der Waals surface area contributed by atoms with Gasteiger partial charge in [-0.05, 0) is 67.0 Å². The van der Waals surface area contributed by atoms with Crippen molar-refractivity contribution in [1.29, 1.82) is 0 Å². The van der Waals surface area contributed by atoms with Gasteiger partial charge in [-0.2, -0.15) is 13.2 Å². The number of aromatic amines is 1. The highest BCUT2D eigenvalue weighted by molar-refractivity contribution is 5.98. The minimum atomic E-state index is -4.48. The molecule has 0 bridgehead atoms. The van der Waals surface area contributed by atoms with Crippen molar-refractivity contribution >= 4 is 34.1 Å². The molecule has 2 atom stereocenters. The third kappa shape index (κ3) is 6.97. The molecule has 0 aliphatic carbocycles. The number of halogens is 3. The maximum atomic E-state index is 13.8. The number of para-hydroxylation sites is 1. The molecule has 10 heteroatoms. The quantitative estimate of drug-likeness (QED) is 0.206. The number of carbonyl (C=O) groups is 2. The van der Waals surface area contributed by atoms with Crippen molar-refractivity contribution in [2.75, 3.05) is 32.5 Å². The molecule has 0 unspecified atom stereocenters. The number of rotatable bonds is 8. The second kappa shape index (κ2) is 13.0. The number of hydrogen-bond acceptors (Lipinski definition) is 3. The zero-order chi connectivity index (χ0) is 31.4. The first-order chi connectivity index (χ1) is 21.0. The van der Waals surface area contributed by atoms with E-state index in [0.29, 0.717) is 17.8 Å². The van der Waals surface area contributed by atoms with Crippen LogP contribution in [0.1, 0.15) is 41.5 Å². The van der Waals surface area contributed by atoms with Crippen LogP contribution in [0.3, 0.4) is 0 Å². The number of nitrogens with zero attached hydrogens (tertiary/aromatic N) is 2. The van der Waals surface area contributed by atoms with E-state index in [9.17, 15) is 22.8 Å². The fraction of sp³-hybridized carbons (Fsp3) is 0.294. The van der Waals surface area contributed by atoms with Crippen molar-refractivity contribution in [3.63, 3.8) is 0 Å². The van der Waals surface area contributed by atoms with Gasteiger partial charge in [0, 0.05) is 48.3 Å². The van der Waals surface area contributed by atoms with Gasteiger partial charge in [0.25, 0.3) is 0 Å². The summed E-state index contributed by atoms with van der Waals surface area (Å²) < 4.78 is 40.8. The highest BCUT2D eigenvalue weighted by atomic mass is 19.4. The minimum absolute atomic E-state index is 0.121. The monoisotopic (exact) mass is 603 g/mol. The molecule has 230 valence electrons. The predicted molar refractivity (Wildman–Crippen MR) is 167 cm³/mol. The molecule has 2 heterocycles. The highest BCUT2D eigenvalue weighted by Gasteiger charge is 2.35. The summed E-state index contributed by atoms with van der Waals surface area (Å²) in [6, 6.07) is 19.4. The number of carbonyl (C=O) groups excluding carboxylic acids is 2. The Morgan fingerprint density at radius 3 is 2.50 bits per heavy atom. The van der Waals surface area contributed by atoms with Crippen LogP contribution in [-0.2, 0) is 17.5 Å². The van der Waals surface area contributed by atoms with Crippen LogP contribution < -0.4 is 10.6 Å². The molecule has 0 saturated heterocycles. The van der Waals surface area contributed by atoms with Gasteiger partial charge >= 0.3 is 12.2 Å². The van der Waals surface area contributed by atoms with E-state index < -0.39 is 29.7 Å². The predicted octanol–water partition coefficient (Wildman–Crippen LogP) is 6.86. The van der Waals surface area contributed by atoms with Gasteiger partial charge in [0.2, 0.25) is 5.91 Å².